The van der Waals surface area contributed by atoms with Crippen molar-refractivity contribution in [3.8, 4) is 0 Å². The molecule has 0 spiro atoms. The van der Waals surface area contributed by atoms with E-state index in [2.05, 4.69) is 39.7 Å². The topological polar surface area (TPSA) is 45.8 Å². The van der Waals surface area contributed by atoms with Crippen molar-refractivity contribution in [1.82, 2.24) is 9.97 Å². The number of benzene rings is 1. The summed E-state index contributed by atoms with van der Waals surface area (Å²) in [6, 6.07) is 10.3. The van der Waals surface area contributed by atoms with E-state index in [1.165, 1.54) is 24.8 Å². The Balaban J connectivity index is 1.80. The van der Waals surface area contributed by atoms with Crippen molar-refractivity contribution < 1.29 is 0 Å². The minimum Gasteiger partial charge on any atom is -0.301 e. The molecule has 0 radical (unpaired) electrons. The molecular weight excluding hydrogens is 407 g/mol. The fraction of sp³-hybridized carbons (Fsp3) is 0.412. The number of H-pyrrole nitrogens is 1. The molecule has 1 heterocycles. The number of aromatic amines is 1. The van der Waals surface area contributed by atoms with Gasteiger partial charge in [-0.25, -0.2) is 4.98 Å². The molecule has 0 aliphatic heterocycles. The first-order valence-corrected chi connectivity index (χ1v) is 9.77. The number of aromatic nitrogens is 2. The fourth-order valence-electron chi connectivity index (χ4n) is 2.90. The van der Waals surface area contributed by atoms with Crippen molar-refractivity contribution >= 4 is 34.4 Å². The highest BCUT2D eigenvalue weighted by atomic mass is 127. The van der Waals surface area contributed by atoms with Crippen LogP contribution in [0, 0.1) is 3.57 Å². The second kappa shape index (κ2) is 7.64. The van der Waals surface area contributed by atoms with E-state index in [0.717, 1.165) is 33.0 Å². The largest absolute Gasteiger partial charge is 0.301 e. The predicted molar refractivity (Wildman–Crippen MR) is 99.4 cm³/mol. The first-order valence-electron chi connectivity index (χ1n) is 7.70. The first-order chi connectivity index (χ1) is 10.7. The smallest absolute Gasteiger partial charge is 0.265 e. The fourth-order valence-corrected chi connectivity index (χ4v) is 4.42. The van der Waals surface area contributed by atoms with Gasteiger partial charge in [0.05, 0.1) is 5.69 Å². The average molecular weight is 426 g/mol. The molecule has 1 saturated carbocycles. The van der Waals surface area contributed by atoms with Gasteiger partial charge in [-0.2, -0.15) is 0 Å². The Labute approximate surface area is 148 Å². The van der Waals surface area contributed by atoms with Gasteiger partial charge in [-0.15, -0.1) is 0 Å². The zero-order chi connectivity index (χ0) is 15.4. The van der Waals surface area contributed by atoms with Crippen LogP contribution >= 0.6 is 34.4 Å². The van der Waals surface area contributed by atoms with Gasteiger partial charge in [0.15, 0.2) is 5.16 Å². The van der Waals surface area contributed by atoms with E-state index in [0.29, 0.717) is 5.92 Å². The van der Waals surface area contributed by atoms with Crippen LogP contribution in [0.2, 0.25) is 0 Å². The van der Waals surface area contributed by atoms with Crippen LogP contribution in [0.5, 0.6) is 0 Å². The van der Waals surface area contributed by atoms with E-state index >= 15 is 0 Å². The third-order valence-electron chi connectivity index (χ3n) is 4.08. The van der Waals surface area contributed by atoms with Crippen LogP contribution in [0.15, 0.2) is 40.3 Å². The van der Waals surface area contributed by atoms with Crippen LogP contribution in [0.3, 0.4) is 0 Å². The molecule has 1 aromatic heterocycles. The lowest BCUT2D eigenvalue weighted by Crippen LogP contribution is -2.19. The summed E-state index contributed by atoms with van der Waals surface area (Å²) >= 11 is 3.75. The van der Waals surface area contributed by atoms with Crippen molar-refractivity contribution in [1.29, 1.82) is 0 Å². The number of nitrogens with zero attached hydrogens (tertiary/aromatic N) is 1. The van der Waals surface area contributed by atoms with Crippen molar-refractivity contribution in [2.75, 3.05) is 0 Å². The second-order valence-corrected chi connectivity index (χ2v) is 7.72. The van der Waals surface area contributed by atoms with Crippen LogP contribution in [-0.2, 0) is 5.75 Å². The molecule has 5 heteroatoms. The molecule has 0 bridgehead atoms. The van der Waals surface area contributed by atoms with Gasteiger partial charge in [0, 0.05) is 11.7 Å². The van der Waals surface area contributed by atoms with Crippen LogP contribution in [0.4, 0.5) is 0 Å². The number of hydrogen-bond acceptors (Lipinski definition) is 3. The summed E-state index contributed by atoms with van der Waals surface area (Å²) in [6.45, 7) is 0. The summed E-state index contributed by atoms with van der Waals surface area (Å²) in [5, 5.41) is 0.745. The lowest BCUT2D eigenvalue weighted by atomic mass is 9.87. The molecule has 1 aliphatic rings. The molecule has 2 aromatic rings. The minimum atomic E-state index is 0.00624. The number of nitrogens with one attached hydrogen (secondary N) is 1. The summed E-state index contributed by atoms with van der Waals surface area (Å²) in [5.41, 5.74) is 2.26. The van der Waals surface area contributed by atoms with Gasteiger partial charge < -0.3 is 4.98 Å². The SMILES string of the molecule is O=c1[nH]c(SCc2ccccc2)nc(C2CCCCC2)c1I. The number of rotatable bonds is 4. The minimum absolute atomic E-state index is 0.00624. The van der Waals surface area contributed by atoms with E-state index in [-0.39, 0.29) is 5.56 Å². The Morgan fingerprint density at radius 2 is 1.91 bits per heavy atom. The summed E-state index contributed by atoms with van der Waals surface area (Å²) in [7, 11) is 0. The maximum Gasteiger partial charge on any atom is 0.265 e. The zero-order valence-corrected chi connectivity index (χ0v) is 15.3. The highest BCUT2D eigenvalue weighted by molar-refractivity contribution is 14.1. The van der Waals surface area contributed by atoms with Gasteiger partial charge >= 0.3 is 0 Å². The molecule has 0 atom stereocenters. The summed E-state index contributed by atoms with van der Waals surface area (Å²) in [4.78, 5) is 19.9. The van der Waals surface area contributed by atoms with E-state index in [1.54, 1.807) is 11.8 Å². The second-order valence-electron chi connectivity index (χ2n) is 5.68. The Morgan fingerprint density at radius 1 is 1.18 bits per heavy atom. The molecule has 0 saturated heterocycles. The molecule has 0 amide bonds. The normalized spacial score (nSPS) is 15.9. The zero-order valence-electron chi connectivity index (χ0n) is 12.3. The van der Waals surface area contributed by atoms with Crippen LogP contribution < -0.4 is 5.56 Å². The Bertz CT molecular complexity index is 681. The standard InChI is InChI=1S/C17H19IN2OS/c18-14-15(13-9-5-2-6-10-13)19-17(20-16(14)21)22-11-12-7-3-1-4-8-12/h1,3-4,7-8,13H,2,5-6,9-11H2,(H,19,20,21). The predicted octanol–water partition coefficient (Wildman–Crippen LogP) is 4.71. The molecule has 3 rings (SSSR count). The third-order valence-corrected chi connectivity index (χ3v) is 6.06. The molecule has 0 unspecified atom stereocenters. The van der Waals surface area contributed by atoms with Gasteiger partial charge in [0.1, 0.15) is 3.57 Å². The van der Waals surface area contributed by atoms with Crippen molar-refractivity contribution in [3.05, 3.63) is 55.5 Å². The van der Waals surface area contributed by atoms with Gasteiger partial charge in [0.2, 0.25) is 0 Å². The van der Waals surface area contributed by atoms with Gasteiger partial charge in [-0.05, 0) is 41.0 Å². The van der Waals surface area contributed by atoms with E-state index in [4.69, 9.17) is 4.98 Å². The molecule has 1 aromatic carbocycles. The van der Waals surface area contributed by atoms with E-state index < -0.39 is 0 Å². The van der Waals surface area contributed by atoms with Crippen LogP contribution in [0.1, 0.15) is 49.3 Å². The summed E-state index contributed by atoms with van der Waals surface area (Å²) in [6.07, 6.45) is 6.14. The average Bonchev–Trinajstić information content (AvgIpc) is 2.57. The Morgan fingerprint density at radius 3 is 2.64 bits per heavy atom. The van der Waals surface area contributed by atoms with Crippen LogP contribution in [0.25, 0.3) is 0 Å². The molecular formula is C17H19IN2OS. The molecule has 1 aliphatic carbocycles. The van der Waals surface area contributed by atoms with Gasteiger partial charge in [0.25, 0.3) is 5.56 Å². The van der Waals surface area contributed by atoms with Crippen molar-refractivity contribution in [2.24, 2.45) is 0 Å². The van der Waals surface area contributed by atoms with Crippen molar-refractivity contribution in [3.63, 3.8) is 0 Å². The Hall–Kier alpha value is -0.820. The molecule has 1 N–H and O–H groups in total. The number of thioether (sulfide) groups is 1. The molecule has 3 nitrogen and oxygen atoms in total. The number of halogens is 1. The summed E-state index contributed by atoms with van der Waals surface area (Å²) < 4.78 is 0.772. The highest BCUT2D eigenvalue weighted by Crippen LogP contribution is 2.33. The third kappa shape index (κ3) is 3.93. The highest BCUT2D eigenvalue weighted by Gasteiger charge is 2.21. The van der Waals surface area contributed by atoms with Gasteiger partial charge in [-0.3, -0.25) is 4.79 Å². The van der Waals surface area contributed by atoms with E-state index in [9.17, 15) is 4.79 Å². The van der Waals surface area contributed by atoms with E-state index in [1.807, 2.05) is 18.2 Å². The van der Waals surface area contributed by atoms with Crippen molar-refractivity contribution in [2.45, 2.75) is 48.9 Å². The lowest BCUT2D eigenvalue weighted by Gasteiger charge is -2.22. The first kappa shape index (κ1) is 16.1. The maximum atomic E-state index is 12.2. The monoisotopic (exact) mass is 426 g/mol. The molecule has 22 heavy (non-hydrogen) atoms. The van der Waals surface area contributed by atoms with Gasteiger partial charge in [-0.1, -0.05) is 61.4 Å². The quantitative estimate of drug-likeness (QED) is 0.438. The molecule has 116 valence electrons. The van der Waals surface area contributed by atoms with Crippen LogP contribution in [-0.4, -0.2) is 9.97 Å². The Kier molecular flexibility index (Phi) is 5.57. The summed E-state index contributed by atoms with van der Waals surface area (Å²) in [5.74, 6) is 1.29. The maximum absolute atomic E-state index is 12.2. The number of hydrogen-bond donors (Lipinski definition) is 1. The lowest BCUT2D eigenvalue weighted by molar-refractivity contribution is 0.432. The molecule has 1 fully saturated rings.